The van der Waals surface area contributed by atoms with Crippen molar-refractivity contribution in [3.05, 3.63) is 60.7 Å². The Morgan fingerprint density at radius 3 is 1.59 bits per heavy atom. The van der Waals surface area contributed by atoms with Crippen molar-refractivity contribution in [2.24, 2.45) is 5.92 Å². The number of ether oxygens (including phenoxy) is 5. The van der Waals surface area contributed by atoms with Gasteiger partial charge < -0.3 is 23.7 Å². The molecule has 0 aromatic heterocycles. The van der Waals surface area contributed by atoms with E-state index in [0.29, 0.717) is 39.1 Å². The van der Waals surface area contributed by atoms with E-state index in [1.165, 1.54) is 0 Å². The molecule has 0 saturated heterocycles. The van der Waals surface area contributed by atoms with Crippen LogP contribution in [0.25, 0.3) is 0 Å². The number of carbonyl (C=O) groups excluding carboxylic acids is 3. The van der Waals surface area contributed by atoms with Crippen LogP contribution in [0.5, 0.6) is 11.5 Å². The Morgan fingerprint density at radius 1 is 0.653 bits per heavy atom. The maximum atomic E-state index is 12.1. The zero-order valence-electron chi connectivity index (χ0n) is 28.0. The first-order chi connectivity index (χ1) is 21.3. The Kier molecular flexibility index (Phi) is 40.7. The fourth-order valence-electron chi connectivity index (χ4n) is 4.79. The molecule has 0 aliphatic heterocycles. The maximum absolute atomic E-state index is 12.1. The molecule has 49 heavy (non-hydrogen) atoms. The number of rotatable bonds is 23. The lowest BCUT2D eigenvalue weighted by Gasteiger charge is -2.24. The van der Waals surface area contributed by atoms with Crippen molar-refractivity contribution < 1.29 is 38.1 Å². The first-order valence-corrected chi connectivity index (χ1v) is 15.9. The van der Waals surface area contributed by atoms with E-state index in [9.17, 15) is 14.4 Å². The van der Waals surface area contributed by atoms with Crippen LogP contribution >= 0.6 is 0 Å². The van der Waals surface area contributed by atoms with Gasteiger partial charge in [0.2, 0.25) is 0 Å². The van der Waals surface area contributed by atoms with E-state index in [4.69, 9.17) is 23.7 Å². The van der Waals surface area contributed by atoms with Crippen LogP contribution in [0.2, 0.25) is 0 Å². The summed E-state index contributed by atoms with van der Waals surface area (Å²) in [6.45, 7) is 6.58. The molecule has 8 nitrogen and oxygen atoms in total. The summed E-state index contributed by atoms with van der Waals surface area (Å²) in [5, 5.41) is 0. The molecule has 9 heteroatoms. The quantitative estimate of drug-likeness (QED) is 0.0647. The van der Waals surface area contributed by atoms with Crippen LogP contribution in [0, 0.1) is 5.92 Å². The predicted molar refractivity (Wildman–Crippen MR) is 206 cm³/mol. The summed E-state index contributed by atoms with van der Waals surface area (Å²) in [6, 6.07) is 19.3. The lowest BCUT2D eigenvalue weighted by Crippen LogP contribution is -2.30. The third-order valence-electron chi connectivity index (χ3n) is 7.19. The second-order valence-corrected chi connectivity index (χ2v) is 10.8. The number of Topliss-reactive ketones (excluding diaryl/α,β-unsaturated/α-hetero) is 2. The first-order valence-electron chi connectivity index (χ1n) is 15.9. The number of ketones is 2. The summed E-state index contributed by atoms with van der Waals surface area (Å²) < 4.78 is 27.0. The third kappa shape index (κ3) is 28.4. The van der Waals surface area contributed by atoms with E-state index >= 15 is 0 Å². The van der Waals surface area contributed by atoms with Gasteiger partial charge >= 0.3 is 5.97 Å². The molecule has 3 atom stereocenters. The fraction of sp³-hybridized carbons (Fsp3) is 0.625. The molecule has 2 rings (SSSR count). The number of unbranched alkanes of at least 4 members (excludes halogenated alkanes) is 4. The number of para-hydroxylation sites is 2. The van der Waals surface area contributed by atoms with E-state index in [1.807, 2.05) is 67.6 Å². The van der Waals surface area contributed by atoms with E-state index in [-0.39, 0.29) is 73.8 Å². The van der Waals surface area contributed by atoms with Gasteiger partial charge in [0, 0.05) is 54.2 Å². The van der Waals surface area contributed by atoms with Crippen LogP contribution in [-0.2, 0) is 28.6 Å². The summed E-state index contributed by atoms with van der Waals surface area (Å²) >= 11 is 0. The molecule has 0 aliphatic carbocycles. The SMILES string of the molecule is C.C.C.C.CCOC(=O)CCCCCCCC(C(C)=O)C(CCOc1ccccc1)OC.COC(CCOc1ccccc1)CC(C)=O.[B]. The average molecular weight is 690 g/mol. The Bertz CT molecular complexity index is 1020. The summed E-state index contributed by atoms with van der Waals surface area (Å²) in [7, 11) is 3.29. The van der Waals surface area contributed by atoms with Gasteiger partial charge in [-0.25, -0.2) is 0 Å². The standard InChI is InChI=1S/C23H36O5.C13H18O3.4CH4.B/c1-4-27-23(25)16-12-7-5-6-11-15-21(19(2)24)22(26-3)17-18-28-20-13-9-8-10-14-20;1-11(14)10-13(15-2)8-9-16-12-6-4-3-5-7-12;;;;;/h8-10,13-14,21-22H,4-7,11-12,15-18H2,1-3H3;3-7,13H,8-10H2,1-2H3;4*1H4;. The van der Waals surface area contributed by atoms with Gasteiger partial charge in [0.1, 0.15) is 23.1 Å². The van der Waals surface area contributed by atoms with Crippen molar-refractivity contribution in [2.75, 3.05) is 34.0 Å². The highest BCUT2D eigenvalue weighted by Crippen LogP contribution is 2.21. The van der Waals surface area contributed by atoms with Crippen molar-refractivity contribution in [2.45, 2.75) is 127 Å². The molecule has 0 fully saturated rings. The monoisotopic (exact) mass is 690 g/mol. The molecule has 0 aliphatic rings. The lowest BCUT2D eigenvalue weighted by molar-refractivity contribution is -0.143. The highest BCUT2D eigenvalue weighted by atomic mass is 16.5. The smallest absolute Gasteiger partial charge is 0.305 e. The van der Waals surface area contributed by atoms with Crippen LogP contribution in [0.3, 0.4) is 0 Å². The number of hydrogen-bond donors (Lipinski definition) is 0. The van der Waals surface area contributed by atoms with Crippen LogP contribution in [0.4, 0.5) is 0 Å². The minimum Gasteiger partial charge on any atom is -0.493 e. The zero-order valence-corrected chi connectivity index (χ0v) is 28.0. The molecule has 0 N–H and O–H groups in total. The van der Waals surface area contributed by atoms with E-state index in [0.717, 1.165) is 56.4 Å². The van der Waals surface area contributed by atoms with Crippen molar-refractivity contribution in [1.82, 2.24) is 0 Å². The topological polar surface area (TPSA) is 97.4 Å². The molecule has 0 bridgehead atoms. The largest absolute Gasteiger partial charge is 0.493 e. The van der Waals surface area contributed by atoms with Crippen molar-refractivity contribution in [3.63, 3.8) is 0 Å². The molecular formula is C40H70BO8. The summed E-state index contributed by atoms with van der Waals surface area (Å²) in [5.41, 5.74) is 0. The molecule has 3 unspecified atom stereocenters. The first kappa shape index (κ1) is 55.3. The van der Waals surface area contributed by atoms with Crippen LogP contribution < -0.4 is 9.47 Å². The highest BCUT2D eigenvalue weighted by Gasteiger charge is 2.25. The van der Waals surface area contributed by atoms with E-state index < -0.39 is 0 Å². The van der Waals surface area contributed by atoms with Gasteiger partial charge in [0.05, 0.1) is 32.0 Å². The van der Waals surface area contributed by atoms with Gasteiger partial charge in [-0.05, 0) is 57.9 Å². The molecular weight excluding hydrogens is 619 g/mol. The number of esters is 1. The molecule has 0 amide bonds. The Morgan fingerprint density at radius 2 is 1.14 bits per heavy atom. The second-order valence-electron chi connectivity index (χ2n) is 10.8. The molecule has 2 aromatic carbocycles. The average Bonchev–Trinajstić information content (AvgIpc) is 3.02. The second kappa shape index (κ2) is 36.1. The maximum Gasteiger partial charge on any atom is 0.305 e. The van der Waals surface area contributed by atoms with Gasteiger partial charge in [-0.3, -0.25) is 14.4 Å². The molecule has 0 spiro atoms. The number of methoxy groups -OCH3 is 2. The van der Waals surface area contributed by atoms with Crippen LogP contribution in [0.1, 0.15) is 115 Å². The molecule has 0 heterocycles. The normalized spacial score (nSPS) is 11.4. The molecule has 3 radical (unpaired) electrons. The number of carbonyl (C=O) groups is 3. The number of hydrogen-bond acceptors (Lipinski definition) is 8. The van der Waals surface area contributed by atoms with Crippen LogP contribution in [0.15, 0.2) is 60.7 Å². The Hall–Kier alpha value is -3.17. The van der Waals surface area contributed by atoms with Gasteiger partial charge in [-0.2, -0.15) is 0 Å². The lowest BCUT2D eigenvalue weighted by atomic mass is 9.90. The third-order valence-corrected chi connectivity index (χ3v) is 7.19. The van der Waals surface area contributed by atoms with Crippen LogP contribution in [-0.4, -0.2) is 72.2 Å². The van der Waals surface area contributed by atoms with Gasteiger partial charge in [0.15, 0.2) is 0 Å². The Balaban J connectivity index is -0.000000267. The van der Waals surface area contributed by atoms with Gasteiger partial charge in [-0.15, -0.1) is 0 Å². The van der Waals surface area contributed by atoms with Crippen molar-refractivity contribution in [1.29, 1.82) is 0 Å². The Labute approximate surface area is 302 Å². The highest BCUT2D eigenvalue weighted by molar-refractivity contribution is 5.78. The fourth-order valence-corrected chi connectivity index (χ4v) is 4.79. The minimum absolute atomic E-state index is 0. The number of benzene rings is 2. The minimum atomic E-state index is -0.120. The molecule has 281 valence electrons. The molecule has 2 aromatic rings. The summed E-state index contributed by atoms with van der Waals surface area (Å²) in [5.74, 6) is 1.80. The molecule has 0 saturated carbocycles. The van der Waals surface area contributed by atoms with E-state index in [1.54, 1.807) is 28.1 Å². The van der Waals surface area contributed by atoms with Gasteiger partial charge in [-0.1, -0.05) is 91.8 Å². The van der Waals surface area contributed by atoms with Crippen molar-refractivity contribution in [3.8, 4) is 11.5 Å². The van der Waals surface area contributed by atoms with Crippen molar-refractivity contribution >= 4 is 25.9 Å². The van der Waals surface area contributed by atoms with E-state index in [2.05, 4.69) is 0 Å². The summed E-state index contributed by atoms with van der Waals surface area (Å²) in [6.07, 6.45) is 8.04. The zero-order chi connectivity index (χ0) is 32.4. The van der Waals surface area contributed by atoms with Gasteiger partial charge in [0.25, 0.3) is 0 Å². The summed E-state index contributed by atoms with van der Waals surface area (Å²) in [4.78, 5) is 34.3. The predicted octanol–water partition coefficient (Wildman–Crippen LogP) is 9.58.